The van der Waals surface area contributed by atoms with E-state index in [1.807, 2.05) is 30.3 Å². The molecule has 0 amide bonds. The zero-order valence-corrected chi connectivity index (χ0v) is 10.4. The topological polar surface area (TPSA) is 23.1 Å². The molecule has 0 unspecified atom stereocenters. The zero-order chi connectivity index (χ0) is 8.74. The maximum Gasteiger partial charge on any atom is 2.00 e. The van der Waals surface area contributed by atoms with Crippen LogP contribution in [0.15, 0.2) is 30.3 Å². The van der Waals surface area contributed by atoms with Gasteiger partial charge < -0.3 is 4.80 Å². The number of rotatable bonds is 0. The van der Waals surface area contributed by atoms with Crippen molar-refractivity contribution in [1.29, 1.82) is 0 Å². The molecule has 0 fully saturated rings. The fraction of sp³-hybridized carbons (Fsp3) is 0.333. The van der Waals surface area contributed by atoms with Crippen LogP contribution in [0.25, 0.3) is 0 Å². The van der Waals surface area contributed by atoms with Crippen molar-refractivity contribution in [2.24, 2.45) is 0 Å². The number of hydrogen-bond acceptors (Lipinski definition) is 1. The first-order valence-electron chi connectivity index (χ1n) is 3.61. The van der Waals surface area contributed by atoms with Gasteiger partial charge in [-0.05, 0) is 0 Å². The molecule has 1 aromatic carbocycles. The Bertz CT molecular complexity index is 139. The van der Waals surface area contributed by atoms with E-state index in [0.29, 0.717) is 0 Å². The van der Waals surface area contributed by atoms with Crippen molar-refractivity contribution in [1.82, 2.24) is 0 Å². The minimum atomic E-state index is -1.86. The van der Waals surface area contributed by atoms with Crippen LogP contribution < -0.4 is 4.80 Å². The Morgan fingerprint density at radius 2 is 1.33 bits per heavy atom. The third-order valence-corrected chi connectivity index (χ3v) is 0.607. The third-order valence-electron chi connectivity index (χ3n) is 0.607. The Morgan fingerprint density at radius 3 is 1.42 bits per heavy atom. The van der Waals surface area contributed by atoms with Gasteiger partial charge in [0.15, 0.2) is 0 Å². The normalized spacial score (nSPS) is 9.00. The summed E-state index contributed by atoms with van der Waals surface area (Å²) >= 11 is 0. The average Bonchev–Trinajstić information content (AvgIpc) is 1.88. The Kier molecular flexibility index (Phi) is 9.53. The maximum absolute atomic E-state index is 10.2. The second kappa shape index (κ2) is 7.79. The quantitative estimate of drug-likeness (QED) is 0.447. The molecule has 3 heteroatoms. The van der Waals surface area contributed by atoms with Gasteiger partial charge in [-0.2, -0.15) is 36.4 Å². The fourth-order valence-electron chi connectivity index (χ4n) is 0.342. The summed E-state index contributed by atoms with van der Waals surface area (Å²) in [6.07, 6.45) is 0. The molecule has 0 atom stereocenters. The summed E-state index contributed by atoms with van der Waals surface area (Å²) in [5.74, 6) is 0. The van der Waals surface area contributed by atoms with Crippen molar-refractivity contribution in [3.05, 3.63) is 36.4 Å². The van der Waals surface area contributed by atoms with Gasteiger partial charge in [0.05, 0.1) is 0 Å². The fourth-order valence-corrected chi connectivity index (χ4v) is 0.342. The number of hydrogen-bond donors (Lipinski definition) is 0. The summed E-state index contributed by atoms with van der Waals surface area (Å²) in [5, 5.41) is 0. The van der Waals surface area contributed by atoms with E-state index in [2.05, 4.69) is 6.07 Å². The summed E-state index contributed by atoms with van der Waals surface area (Å²) in [5.41, 5.74) is 0. The second-order valence-corrected chi connectivity index (χ2v) is 7.41. The van der Waals surface area contributed by atoms with Crippen LogP contribution in [0.5, 0.6) is 0 Å². The molecule has 0 bridgehead atoms. The molecule has 0 saturated carbocycles. The molecule has 0 saturated heterocycles. The van der Waals surface area contributed by atoms with E-state index < -0.39 is 8.32 Å². The van der Waals surface area contributed by atoms with E-state index in [0.717, 1.165) is 0 Å². The molecular formula is C9H14MgOSi. The largest absolute Gasteiger partial charge is 2.00 e. The smallest absolute Gasteiger partial charge is 0.859 e. The number of benzene rings is 1. The predicted molar refractivity (Wildman–Crippen MR) is 54.4 cm³/mol. The minimum Gasteiger partial charge on any atom is -0.859 e. The molecule has 1 aromatic rings. The first-order valence-corrected chi connectivity index (χ1v) is 7.02. The van der Waals surface area contributed by atoms with Gasteiger partial charge in [0.2, 0.25) is 0 Å². The van der Waals surface area contributed by atoms with E-state index in [-0.39, 0.29) is 23.1 Å². The summed E-state index contributed by atoms with van der Waals surface area (Å²) < 4.78 is 0. The van der Waals surface area contributed by atoms with Gasteiger partial charge in [-0.1, -0.05) is 28.0 Å². The van der Waals surface area contributed by atoms with E-state index >= 15 is 0 Å². The SMILES string of the molecule is C[Si](C)(C)[O-].[Mg+2].[c-]1ccccc1. The Labute approximate surface area is 92.1 Å². The van der Waals surface area contributed by atoms with Crippen molar-refractivity contribution < 1.29 is 4.80 Å². The molecule has 12 heavy (non-hydrogen) atoms. The standard InChI is InChI=1S/C6H5.C3H9OSi.Mg/c1-2-4-6-5-3-1;1-5(2,3)4;/h1-5H;1-3H3;/q2*-1;+2. The molecule has 62 valence electrons. The summed E-state index contributed by atoms with van der Waals surface area (Å²) in [7, 11) is -1.86. The monoisotopic (exact) mass is 190 g/mol. The summed E-state index contributed by atoms with van der Waals surface area (Å²) in [4.78, 5) is 10.2. The van der Waals surface area contributed by atoms with Gasteiger partial charge in [0.25, 0.3) is 0 Å². The molecule has 0 N–H and O–H groups in total. The van der Waals surface area contributed by atoms with E-state index in [1.165, 1.54) is 0 Å². The molecule has 1 nitrogen and oxygen atoms in total. The second-order valence-electron chi connectivity index (χ2n) is 3.19. The van der Waals surface area contributed by atoms with Crippen molar-refractivity contribution in [3.8, 4) is 0 Å². The van der Waals surface area contributed by atoms with Crippen LogP contribution in [0.4, 0.5) is 0 Å². The Hall–Kier alpha value is 0.163. The van der Waals surface area contributed by atoms with Crippen molar-refractivity contribution in [2.45, 2.75) is 19.6 Å². The molecule has 1 rings (SSSR count). The first kappa shape index (κ1) is 14.7. The molecule has 0 aliphatic rings. The van der Waals surface area contributed by atoms with Crippen molar-refractivity contribution >= 4 is 31.4 Å². The van der Waals surface area contributed by atoms with Gasteiger partial charge in [-0.3, -0.25) is 0 Å². The molecule has 0 aliphatic carbocycles. The van der Waals surface area contributed by atoms with Crippen molar-refractivity contribution in [3.63, 3.8) is 0 Å². The summed E-state index contributed by atoms with van der Waals surface area (Å²) in [6, 6.07) is 12.5. The average molecular weight is 191 g/mol. The minimum absolute atomic E-state index is 0. The molecule has 0 spiro atoms. The molecule has 0 heterocycles. The van der Waals surface area contributed by atoms with Crippen molar-refractivity contribution in [2.75, 3.05) is 0 Å². The zero-order valence-electron chi connectivity index (χ0n) is 8.00. The maximum atomic E-state index is 10.2. The first-order chi connectivity index (χ1) is 5.00. The summed E-state index contributed by atoms with van der Waals surface area (Å²) in [6.45, 7) is 5.31. The Balaban J connectivity index is 0. The van der Waals surface area contributed by atoms with E-state index in [1.54, 1.807) is 19.6 Å². The van der Waals surface area contributed by atoms with Gasteiger partial charge in [0, 0.05) is 0 Å². The van der Waals surface area contributed by atoms with Crippen LogP contribution >= 0.6 is 0 Å². The van der Waals surface area contributed by atoms with Crippen LogP contribution in [0, 0.1) is 6.07 Å². The van der Waals surface area contributed by atoms with Crippen LogP contribution in [0.2, 0.25) is 19.6 Å². The molecular weight excluding hydrogens is 176 g/mol. The molecule has 0 aromatic heterocycles. The van der Waals surface area contributed by atoms with E-state index in [4.69, 9.17) is 0 Å². The van der Waals surface area contributed by atoms with Crippen LogP contribution in [0.3, 0.4) is 0 Å². The van der Waals surface area contributed by atoms with Crippen LogP contribution in [0.1, 0.15) is 0 Å². The van der Waals surface area contributed by atoms with E-state index in [9.17, 15) is 4.80 Å². The predicted octanol–water partition coefficient (Wildman–Crippen LogP) is 1.29. The van der Waals surface area contributed by atoms with Gasteiger partial charge in [-0.15, -0.1) is 0 Å². The Morgan fingerprint density at radius 1 is 1.00 bits per heavy atom. The van der Waals surface area contributed by atoms with Gasteiger partial charge >= 0.3 is 23.1 Å². The van der Waals surface area contributed by atoms with Crippen LogP contribution in [-0.2, 0) is 0 Å². The third kappa shape index (κ3) is 22.5. The molecule has 0 aliphatic heterocycles. The molecule has 0 radical (unpaired) electrons. The van der Waals surface area contributed by atoms with Crippen LogP contribution in [-0.4, -0.2) is 31.4 Å². The van der Waals surface area contributed by atoms with Gasteiger partial charge in [-0.25, -0.2) is 0 Å². The van der Waals surface area contributed by atoms with Gasteiger partial charge in [0.1, 0.15) is 0 Å².